The number of aromatic nitrogens is 2. The van der Waals surface area contributed by atoms with E-state index in [1.807, 2.05) is 47.7 Å². The maximum atomic E-state index is 11.7. The minimum atomic E-state index is -0.508. The van der Waals surface area contributed by atoms with Crippen LogP contribution in [0.1, 0.15) is 39.1 Å². The zero-order chi connectivity index (χ0) is 15.6. The van der Waals surface area contributed by atoms with Gasteiger partial charge in [-0.3, -0.25) is 4.68 Å². The molecular weight excluding hydrogens is 256 g/mol. The van der Waals surface area contributed by atoms with Crippen LogP contribution in [-0.4, -0.2) is 34.6 Å². The zero-order valence-electron chi connectivity index (χ0n) is 13.3. The molecule has 0 aliphatic rings. The lowest BCUT2D eigenvalue weighted by molar-refractivity contribution is 0.0515. The fraction of sp³-hybridized carbons (Fsp3) is 0.714. The van der Waals surface area contributed by atoms with Crippen molar-refractivity contribution >= 4 is 6.09 Å². The van der Waals surface area contributed by atoms with Crippen LogP contribution in [0, 0.1) is 6.92 Å². The molecule has 0 aliphatic heterocycles. The number of hydrogen-bond acceptors (Lipinski definition) is 4. The number of ether oxygens (including phenoxy) is 1. The maximum Gasteiger partial charge on any atom is 0.407 e. The van der Waals surface area contributed by atoms with E-state index in [-0.39, 0.29) is 5.41 Å². The largest absolute Gasteiger partial charge is 0.444 e. The third-order valence-corrected chi connectivity index (χ3v) is 3.09. The number of nitrogens with two attached hydrogens (primary N) is 1. The summed E-state index contributed by atoms with van der Waals surface area (Å²) in [4.78, 5) is 11.7. The average molecular weight is 282 g/mol. The number of carbonyl (C=O) groups excluding carboxylic acids is 1. The second-order valence-corrected chi connectivity index (χ2v) is 6.41. The Morgan fingerprint density at radius 2 is 2.05 bits per heavy atom. The van der Waals surface area contributed by atoms with Crippen LogP contribution in [0.25, 0.3) is 0 Å². The molecule has 0 radical (unpaired) electrons. The molecule has 1 unspecified atom stereocenters. The minimum absolute atomic E-state index is 0.382. The van der Waals surface area contributed by atoms with Gasteiger partial charge in [0.1, 0.15) is 5.60 Å². The van der Waals surface area contributed by atoms with Crippen LogP contribution in [0.5, 0.6) is 0 Å². The van der Waals surface area contributed by atoms with Crippen molar-refractivity contribution in [1.82, 2.24) is 15.1 Å². The summed E-state index contributed by atoms with van der Waals surface area (Å²) in [6, 6.07) is 1.99. The summed E-state index contributed by atoms with van der Waals surface area (Å²) < 4.78 is 7.04. The molecule has 20 heavy (non-hydrogen) atoms. The van der Waals surface area contributed by atoms with E-state index in [4.69, 9.17) is 10.5 Å². The van der Waals surface area contributed by atoms with Crippen LogP contribution in [0.3, 0.4) is 0 Å². The minimum Gasteiger partial charge on any atom is -0.444 e. The average Bonchev–Trinajstić information content (AvgIpc) is 2.64. The molecule has 0 aromatic carbocycles. The van der Waals surface area contributed by atoms with E-state index < -0.39 is 11.7 Å². The Morgan fingerprint density at radius 1 is 1.45 bits per heavy atom. The summed E-state index contributed by atoms with van der Waals surface area (Å²) in [5.41, 5.74) is 6.93. The third kappa shape index (κ3) is 4.23. The number of hydrogen-bond donors (Lipinski definition) is 2. The van der Waals surface area contributed by atoms with Gasteiger partial charge in [-0.15, -0.1) is 0 Å². The van der Waals surface area contributed by atoms with Crippen molar-refractivity contribution in [3.63, 3.8) is 0 Å². The summed E-state index contributed by atoms with van der Waals surface area (Å²) in [5.74, 6) is 0. The van der Waals surface area contributed by atoms with Gasteiger partial charge in [0, 0.05) is 31.2 Å². The summed E-state index contributed by atoms with van der Waals surface area (Å²) >= 11 is 0. The number of alkyl carbamates (subject to hydrolysis) is 1. The van der Waals surface area contributed by atoms with Gasteiger partial charge >= 0.3 is 6.09 Å². The SMILES string of the molecule is Cc1cc(C(C)(CN)CNC(=O)OC(C)(C)C)n(C)n1. The fourth-order valence-corrected chi connectivity index (χ4v) is 2.02. The molecule has 1 aromatic heterocycles. The van der Waals surface area contributed by atoms with Crippen LogP contribution in [0.2, 0.25) is 0 Å². The van der Waals surface area contributed by atoms with Gasteiger partial charge in [-0.25, -0.2) is 4.79 Å². The Labute approximate surface area is 120 Å². The van der Waals surface area contributed by atoms with Gasteiger partial charge in [0.15, 0.2) is 0 Å². The molecule has 1 aromatic rings. The summed E-state index contributed by atoms with van der Waals surface area (Å²) in [5, 5.41) is 7.11. The zero-order valence-corrected chi connectivity index (χ0v) is 13.3. The van der Waals surface area contributed by atoms with E-state index in [1.165, 1.54) is 0 Å². The first-order chi connectivity index (χ1) is 9.07. The molecule has 3 N–H and O–H groups in total. The van der Waals surface area contributed by atoms with Crippen molar-refractivity contribution in [2.75, 3.05) is 13.1 Å². The predicted octanol–water partition coefficient (Wildman–Crippen LogP) is 1.47. The number of amides is 1. The predicted molar refractivity (Wildman–Crippen MR) is 78.6 cm³/mol. The molecule has 0 aliphatic carbocycles. The standard InChI is InChI=1S/C14H26N4O2/c1-10-7-11(18(6)17-10)14(5,8-15)9-16-12(19)20-13(2,3)4/h7H,8-9,15H2,1-6H3,(H,16,19). The molecule has 1 rings (SSSR count). The number of nitrogens with one attached hydrogen (secondary N) is 1. The summed E-state index contributed by atoms with van der Waals surface area (Å²) in [6.45, 7) is 10.2. The number of aryl methyl sites for hydroxylation is 2. The van der Waals surface area contributed by atoms with Gasteiger partial charge in [-0.2, -0.15) is 5.10 Å². The van der Waals surface area contributed by atoms with E-state index >= 15 is 0 Å². The lowest BCUT2D eigenvalue weighted by Gasteiger charge is -2.29. The highest BCUT2D eigenvalue weighted by atomic mass is 16.6. The first kappa shape index (κ1) is 16.5. The topological polar surface area (TPSA) is 82.2 Å². The lowest BCUT2D eigenvalue weighted by atomic mass is 9.86. The molecule has 0 saturated heterocycles. The first-order valence-corrected chi connectivity index (χ1v) is 6.75. The smallest absolute Gasteiger partial charge is 0.407 e. The van der Waals surface area contributed by atoms with Crippen molar-refractivity contribution in [3.8, 4) is 0 Å². The van der Waals surface area contributed by atoms with Crippen LogP contribution >= 0.6 is 0 Å². The second-order valence-electron chi connectivity index (χ2n) is 6.41. The number of rotatable bonds is 4. The van der Waals surface area contributed by atoms with Gasteiger partial charge in [0.25, 0.3) is 0 Å². The molecule has 0 fully saturated rings. The third-order valence-electron chi connectivity index (χ3n) is 3.09. The van der Waals surface area contributed by atoms with Crippen molar-refractivity contribution in [3.05, 3.63) is 17.5 Å². The Bertz CT molecular complexity index is 476. The Hall–Kier alpha value is -1.56. The molecule has 0 saturated carbocycles. The molecule has 6 heteroatoms. The van der Waals surface area contributed by atoms with Crippen LogP contribution in [-0.2, 0) is 17.2 Å². The lowest BCUT2D eigenvalue weighted by Crippen LogP contribution is -2.46. The van der Waals surface area contributed by atoms with Gasteiger partial charge in [0.2, 0.25) is 0 Å². The van der Waals surface area contributed by atoms with Crippen molar-refractivity contribution in [1.29, 1.82) is 0 Å². The van der Waals surface area contributed by atoms with Crippen LogP contribution < -0.4 is 11.1 Å². The maximum absolute atomic E-state index is 11.7. The van der Waals surface area contributed by atoms with Crippen molar-refractivity contribution < 1.29 is 9.53 Å². The normalized spacial score (nSPS) is 14.8. The molecular formula is C14H26N4O2. The van der Waals surface area contributed by atoms with E-state index in [1.54, 1.807) is 4.68 Å². The van der Waals surface area contributed by atoms with Crippen LogP contribution in [0.4, 0.5) is 4.79 Å². The molecule has 114 valence electrons. The van der Waals surface area contributed by atoms with Gasteiger partial charge < -0.3 is 15.8 Å². The van der Waals surface area contributed by atoms with Gasteiger partial charge in [-0.05, 0) is 33.8 Å². The Kier molecular flexibility index (Phi) is 4.81. The number of carbonyl (C=O) groups is 1. The quantitative estimate of drug-likeness (QED) is 0.876. The second kappa shape index (κ2) is 5.83. The summed E-state index contributed by atoms with van der Waals surface area (Å²) in [6.07, 6.45) is -0.434. The van der Waals surface area contributed by atoms with E-state index in [9.17, 15) is 4.79 Å². The highest BCUT2D eigenvalue weighted by molar-refractivity contribution is 5.67. The monoisotopic (exact) mass is 282 g/mol. The summed E-state index contributed by atoms with van der Waals surface area (Å²) in [7, 11) is 1.88. The van der Waals surface area contributed by atoms with Crippen molar-refractivity contribution in [2.45, 2.75) is 45.6 Å². The highest BCUT2D eigenvalue weighted by Crippen LogP contribution is 2.22. The molecule has 1 amide bonds. The van der Waals surface area contributed by atoms with E-state index in [2.05, 4.69) is 10.4 Å². The number of nitrogens with zero attached hydrogens (tertiary/aromatic N) is 2. The van der Waals surface area contributed by atoms with E-state index in [0.717, 1.165) is 11.4 Å². The Balaban J connectivity index is 2.76. The fourth-order valence-electron chi connectivity index (χ4n) is 2.02. The Morgan fingerprint density at radius 3 is 2.45 bits per heavy atom. The van der Waals surface area contributed by atoms with E-state index in [0.29, 0.717) is 13.1 Å². The highest BCUT2D eigenvalue weighted by Gasteiger charge is 2.30. The molecule has 6 nitrogen and oxygen atoms in total. The van der Waals surface area contributed by atoms with Crippen molar-refractivity contribution in [2.24, 2.45) is 12.8 Å². The van der Waals surface area contributed by atoms with Gasteiger partial charge in [-0.1, -0.05) is 6.92 Å². The molecule has 1 heterocycles. The molecule has 0 spiro atoms. The molecule has 1 atom stereocenters. The van der Waals surface area contributed by atoms with Gasteiger partial charge in [0.05, 0.1) is 5.69 Å². The molecule has 0 bridgehead atoms. The van der Waals surface area contributed by atoms with Crippen LogP contribution in [0.15, 0.2) is 6.07 Å². The first-order valence-electron chi connectivity index (χ1n) is 6.75.